The number of hydrogen-bond donors (Lipinski definition) is 0. The van der Waals surface area contributed by atoms with Gasteiger partial charge in [-0.3, -0.25) is 14.6 Å². The number of piperidine rings is 1. The molecule has 2 heterocycles. The average Bonchev–Trinajstić information content (AvgIpc) is 2.82. The number of ether oxygens (including phenoxy) is 1. The Morgan fingerprint density at radius 3 is 2.45 bits per heavy atom. The quantitative estimate of drug-likeness (QED) is 0.374. The van der Waals surface area contributed by atoms with Crippen molar-refractivity contribution >= 4 is 11.7 Å². The Morgan fingerprint density at radius 1 is 1.03 bits per heavy atom. The van der Waals surface area contributed by atoms with Crippen molar-refractivity contribution in [2.45, 2.75) is 58.3 Å². The Balaban J connectivity index is 1.41. The van der Waals surface area contributed by atoms with Gasteiger partial charge in [0.1, 0.15) is 5.75 Å². The van der Waals surface area contributed by atoms with Crippen molar-refractivity contribution in [3.05, 3.63) is 59.9 Å². The standard InChI is InChI=1S/C26H34N2O3/c1-2-3-4-5-6-18-31-24-11-9-22(10-12-24)26(30)23-13-16-28(17-14-23)25(29)19-21-8-7-15-27-20-21/h7-12,15,20,23H,2-6,13-14,16-19H2,1H3. The number of likely N-dealkylation sites (tertiary alicyclic amines) is 1. The maximum absolute atomic E-state index is 12.9. The predicted molar refractivity (Wildman–Crippen MR) is 122 cm³/mol. The van der Waals surface area contributed by atoms with E-state index in [1.807, 2.05) is 41.3 Å². The molecule has 1 aliphatic heterocycles. The first kappa shape index (κ1) is 23.0. The minimum absolute atomic E-state index is 0.0206. The molecule has 0 saturated carbocycles. The molecule has 3 rings (SSSR count). The molecule has 1 amide bonds. The first-order valence-electron chi connectivity index (χ1n) is 11.6. The van der Waals surface area contributed by atoms with Crippen molar-refractivity contribution in [1.82, 2.24) is 9.88 Å². The smallest absolute Gasteiger partial charge is 0.227 e. The van der Waals surface area contributed by atoms with E-state index >= 15 is 0 Å². The van der Waals surface area contributed by atoms with Gasteiger partial charge in [0.05, 0.1) is 13.0 Å². The van der Waals surface area contributed by atoms with Gasteiger partial charge in [-0.1, -0.05) is 38.7 Å². The molecule has 0 atom stereocenters. The lowest BCUT2D eigenvalue weighted by atomic mass is 9.88. The number of ketones is 1. The summed E-state index contributed by atoms with van der Waals surface area (Å²) in [4.78, 5) is 31.3. The highest BCUT2D eigenvalue weighted by Gasteiger charge is 2.28. The molecule has 1 aliphatic rings. The lowest BCUT2D eigenvalue weighted by Crippen LogP contribution is -2.41. The van der Waals surface area contributed by atoms with Crippen LogP contribution in [0, 0.1) is 5.92 Å². The molecule has 31 heavy (non-hydrogen) atoms. The Labute approximate surface area is 185 Å². The normalized spacial score (nSPS) is 14.4. The molecule has 1 aromatic heterocycles. The third-order valence-electron chi connectivity index (χ3n) is 5.95. The SMILES string of the molecule is CCCCCCCOc1ccc(C(=O)C2CCN(C(=O)Cc3cccnc3)CC2)cc1. The van der Waals surface area contributed by atoms with Crippen molar-refractivity contribution in [3.8, 4) is 5.75 Å². The number of unbranched alkanes of at least 4 members (excludes halogenated alkanes) is 4. The number of hydrogen-bond acceptors (Lipinski definition) is 4. The number of carbonyl (C=O) groups excluding carboxylic acids is 2. The Hall–Kier alpha value is -2.69. The number of Topliss-reactive ketones (excluding diaryl/α,β-unsaturated/α-hetero) is 1. The highest BCUT2D eigenvalue weighted by Crippen LogP contribution is 2.24. The molecular formula is C26H34N2O3. The van der Waals surface area contributed by atoms with Crippen molar-refractivity contribution in [3.63, 3.8) is 0 Å². The van der Waals surface area contributed by atoms with E-state index in [2.05, 4.69) is 11.9 Å². The Kier molecular flexibility index (Phi) is 9.07. The molecule has 0 aliphatic carbocycles. The van der Waals surface area contributed by atoms with E-state index in [1.54, 1.807) is 12.4 Å². The van der Waals surface area contributed by atoms with E-state index in [9.17, 15) is 9.59 Å². The van der Waals surface area contributed by atoms with Crippen LogP contribution < -0.4 is 4.74 Å². The summed E-state index contributed by atoms with van der Waals surface area (Å²) in [5.41, 5.74) is 1.66. The number of nitrogens with zero attached hydrogens (tertiary/aromatic N) is 2. The molecule has 5 heteroatoms. The molecule has 1 fully saturated rings. The van der Waals surface area contributed by atoms with Crippen LogP contribution in [0.3, 0.4) is 0 Å². The number of amides is 1. The Morgan fingerprint density at radius 2 is 1.77 bits per heavy atom. The fraction of sp³-hybridized carbons (Fsp3) is 0.500. The molecule has 0 N–H and O–H groups in total. The molecule has 166 valence electrons. The largest absolute Gasteiger partial charge is 0.494 e. The number of pyridine rings is 1. The molecule has 0 unspecified atom stereocenters. The van der Waals surface area contributed by atoms with E-state index in [-0.39, 0.29) is 17.6 Å². The highest BCUT2D eigenvalue weighted by atomic mass is 16.5. The van der Waals surface area contributed by atoms with Crippen molar-refractivity contribution in [2.75, 3.05) is 19.7 Å². The highest BCUT2D eigenvalue weighted by molar-refractivity contribution is 5.98. The van der Waals surface area contributed by atoms with Crippen LogP contribution in [-0.4, -0.2) is 41.3 Å². The molecule has 0 spiro atoms. The van der Waals surface area contributed by atoms with Crippen LogP contribution in [0.25, 0.3) is 0 Å². The fourth-order valence-corrected chi connectivity index (χ4v) is 4.03. The lowest BCUT2D eigenvalue weighted by Gasteiger charge is -2.31. The minimum atomic E-state index is -0.0206. The molecule has 0 radical (unpaired) electrons. The van der Waals surface area contributed by atoms with E-state index in [0.717, 1.165) is 29.9 Å². The second-order valence-corrected chi connectivity index (χ2v) is 8.34. The van der Waals surface area contributed by atoms with Gasteiger partial charge < -0.3 is 9.64 Å². The summed E-state index contributed by atoms with van der Waals surface area (Å²) in [6, 6.07) is 11.3. The summed E-state index contributed by atoms with van der Waals surface area (Å²) < 4.78 is 5.80. The van der Waals surface area contributed by atoms with Gasteiger partial charge in [0.2, 0.25) is 5.91 Å². The first-order chi connectivity index (χ1) is 15.2. The van der Waals surface area contributed by atoms with Gasteiger partial charge in [-0.25, -0.2) is 0 Å². The van der Waals surface area contributed by atoms with E-state index in [4.69, 9.17) is 4.74 Å². The van der Waals surface area contributed by atoms with Gasteiger partial charge >= 0.3 is 0 Å². The topological polar surface area (TPSA) is 59.5 Å². The number of benzene rings is 1. The number of aromatic nitrogens is 1. The predicted octanol–water partition coefficient (Wildman–Crippen LogP) is 5.09. The maximum Gasteiger partial charge on any atom is 0.227 e. The van der Waals surface area contributed by atoms with Crippen LogP contribution in [0.4, 0.5) is 0 Å². The summed E-state index contributed by atoms with van der Waals surface area (Å²) in [6.07, 6.45) is 11.3. The van der Waals surface area contributed by atoms with Crippen LogP contribution in [0.5, 0.6) is 5.75 Å². The van der Waals surface area contributed by atoms with Crippen LogP contribution in [0.15, 0.2) is 48.8 Å². The molecular weight excluding hydrogens is 388 g/mol. The number of rotatable bonds is 11. The molecule has 0 bridgehead atoms. The summed E-state index contributed by atoms with van der Waals surface area (Å²) in [5.74, 6) is 1.08. The average molecular weight is 423 g/mol. The second-order valence-electron chi connectivity index (χ2n) is 8.34. The summed E-state index contributed by atoms with van der Waals surface area (Å²) >= 11 is 0. The third-order valence-corrected chi connectivity index (χ3v) is 5.95. The van der Waals surface area contributed by atoms with Crippen LogP contribution in [0.1, 0.15) is 67.8 Å². The van der Waals surface area contributed by atoms with E-state index in [0.29, 0.717) is 32.4 Å². The van der Waals surface area contributed by atoms with E-state index < -0.39 is 0 Å². The van der Waals surface area contributed by atoms with Gasteiger partial charge in [-0.15, -0.1) is 0 Å². The van der Waals surface area contributed by atoms with Gasteiger partial charge in [0.25, 0.3) is 0 Å². The van der Waals surface area contributed by atoms with Crippen LogP contribution >= 0.6 is 0 Å². The maximum atomic E-state index is 12.9. The lowest BCUT2D eigenvalue weighted by molar-refractivity contribution is -0.131. The Bertz CT molecular complexity index is 812. The van der Waals surface area contributed by atoms with Gasteiger partial charge in [0, 0.05) is 37.0 Å². The van der Waals surface area contributed by atoms with Crippen LogP contribution in [0.2, 0.25) is 0 Å². The molecule has 5 nitrogen and oxygen atoms in total. The van der Waals surface area contributed by atoms with Gasteiger partial charge in [-0.2, -0.15) is 0 Å². The van der Waals surface area contributed by atoms with Crippen molar-refractivity contribution < 1.29 is 14.3 Å². The zero-order valence-corrected chi connectivity index (χ0v) is 18.6. The molecule has 1 saturated heterocycles. The minimum Gasteiger partial charge on any atom is -0.494 e. The number of carbonyl (C=O) groups is 2. The fourth-order valence-electron chi connectivity index (χ4n) is 4.03. The third kappa shape index (κ3) is 7.20. The second kappa shape index (κ2) is 12.2. The summed E-state index contributed by atoms with van der Waals surface area (Å²) in [7, 11) is 0. The zero-order valence-electron chi connectivity index (χ0n) is 18.6. The summed E-state index contributed by atoms with van der Waals surface area (Å²) in [6.45, 7) is 4.21. The van der Waals surface area contributed by atoms with E-state index in [1.165, 1.54) is 25.7 Å². The molecule has 2 aromatic rings. The monoisotopic (exact) mass is 422 g/mol. The first-order valence-corrected chi connectivity index (χ1v) is 11.6. The van der Waals surface area contributed by atoms with Crippen LogP contribution in [-0.2, 0) is 11.2 Å². The van der Waals surface area contributed by atoms with Crippen molar-refractivity contribution in [2.24, 2.45) is 5.92 Å². The zero-order chi connectivity index (χ0) is 21.9. The van der Waals surface area contributed by atoms with Crippen molar-refractivity contribution in [1.29, 1.82) is 0 Å². The van der Waals surface area contributed by atoms with Gasteiger partial charge in [-0.05, 0) is 55.2 Å². The summed E-state index contributed by atoms with van der Waals surface area (Å²) in [5, 5.41) is 0. The van der Waals surface area contributed by atoms with Gasteiger partial charge in [0.15, 0.2) is 5.78 Å². The molecule has 1 aromatic carbocycles.